The number of nitrogens with two attached hydrogens (primary N) is 1. The molecular weight excluding hydrogens is 252 g/mol. The molecule has 0 bridgehead atoms. The summed E-state index contributed by atoms with van der Waals surface area (Å²) in [6.07, 6.45) is 0.546. The number of hydrogen-bond donors (Lipinski definition) is 3. The lowest BCUT2D eigenvalue weighted by Gasteiger charge is -2.12. The van der Waals surface area contributed by atoms with Crippen LogP contribution in [0, 0.1) is 0 Å². The first kappa shape index (κ1) is 13.9. The molecule has 0 saturated carbocycles. The summed E-state index contributed by atoms with van der Waals surface area (Å²) in [5, 5.41) is 12.5. The van der Waals surface area contributed by atoms with Gasteiger partial charge in [-0.05, 0) is 6.54 Å². The molecule has 1 aromatic rings. The van der Waals surface area contributed by atoms with E-state index in [-0.39, 0.29) is 5.69 Å². The lowest BCUT2D eigenvalue weighted by molar-refractivity contribution is -0.0462. The minimum absolute atomic E-state index is 0.0900. The van der Waals surface area contributed by atoms with Crippen LogP contribution in [0.1, 0.15) is 15.5 Å². The summed E-state index contributed by atoms with van der Waals surface area (Å²) < 4.78 is 25.3. The molecule has 1 amide bonds. The fourth-order valence-corrected chi connectivity index (χ4v) is 1.80. The second-order valence-electron chi connectivity index (χ2n) is 3.36. The van der Waals surface area contributed by atoms with Crippen LogP contribution < -0.4 is 11.1 Å². The molecule has 8 heteroatoms. The van der Waals surface area contributed by atoms with Gasteiger partial charge in [0.05, 0.1) is 11.6 Å². The van der Waals surface area contributed by atoms with Crippen molar-refractivity contribution in [3.63, 3.8) is 0 Å². The predicted octanol–water partition coefficient (Wildman–Crippen LogP) is 0.00170. The number of nitrogens with zero attached hydrogens (tertiary/aromatic N) is 1. The number of nitrogens with one attached hydrogen (secondary N) is 1. The number of rotatable bonds is 6. The van der Waals surface area contributed by atoms with Crippen molar-refractivity contribution in [1.29, 1.82) is 0 Å². The number of carbonyl (C=O) groups is 1. The molecule has 0 spiro atoms. The van der Waals surface area contributed by atoms with E-state index in [4.69, 9.17) is 10.8 Å². The minimum atomic E-state index is -3.31. The van der Waals surface area contributed by atoms with E-state index in [0.717, 1.165) is 0 Å². The molecule has 4 N–H and O–H groups in total. The predicted molar refractivity (Wildman–Crippen MR) is 59.2 cm³/mol. The summed E-state index contributed by atoms with van der Waals surface area (Å²) in [4.78, 5) is 15.4. The Hall–Kier alpha value is -1.12. The molecule has 96 valence electrons. The highest BCUT2D eigenvalue weighted by Gasteiger charge is 2.28. The first-order chi connectivity index (χ1) is 7.98. The maximum absolute atomic E-state index is 12.7. The van der Waals surface area contributed by atoms with Gasteiger partial charge in [-0.1, -0.05) is 0 Å². The standard InChI is InChI=1S/C9H13F2N3O2S/c10-9(11,5-15)4-13-8(16)6-3-17-7(14-6)1-2-12/h3,15H,1-2,4-5,12H2,(H,13,16). The second-order valence-corrected chi connectivity index (χ2v) is 4.30. The largest absolute Gasteiger partial charge is 0.390 e. The molecule has 0 aliphatic rings. The van der Waals surface area contributed by atoms with Crippen molar-refractivity contribution in [2.45, 2.75) is 12.3 Å². The molecule has 0 fully saturated rings. The van der Waals surface area contributed by atoms with Crippen LogP contribution in [0.5, 0.6) is 0 Å². The number of thiazole rings is 1. The third-order valence-corrected chi connectivity index (χ3v) is 2.79. The van der Waals surface area contributed by atoms with E-state index in [2.05, 4.69) is 4.98 Å². The van der Waals surface area contributed by atoms with Crippen molar-refractivity contribution >= 4 is 17.2 Å². The highest BCUT2D eigenvalue weighted by atomic mass is 32.1. The third kappa shape index (κ3) is 4.33. The van der Waals surface area contributed by atoms with Crippen LogP contribution >= 0.6 is 11.3 Å². The number of aromatic nitrogens is 1. The summed E-state index contributed by atoms with van der Waals surface area (Å²) in [6, 6.07) is 0. The number of halogens is 2. The number of hydrogen-bond acceptors (Lipinski definition) is 5. The summed E-state index contributed by atoms with van der Waals surface area (Å²) in [7, 11) is 0. The van der Waals surface area contributed by atoms with Crippen molar-refractivity contribution in [2.24, 2.45) is 5.73 Å². The molecule has 17 heavy (non-hydrogen) atoms. The van der Waals surface area contributed by atoms with E-state index < -0.39 is 25.0 Å². The van der Waals surface area contributed by atoms with Crippen LogP contribution in [-0.2, 0) is 6.42 Å². The average molecular weight is 265 g/mol. The summed E-state index contributed by atoms with van der Waals surface area (Å²) >= 11 is 1.25. The van der Waals surface area contributed by atoms with Gasteiger partial charge in [0.25, 0.3) is 11.8 Å². The maximum atomic E-state index is 12.7. The van der Waals surface area contributed by atoms with E-state index >= 15 is 0 Å². The number of carbonyl (C=O) groups excluding carboxylic acids is 1. The third-order valence-electron chi connectivity index (χ3n) is 1.88. The van der Waals surface area contributed by atoms with E-state index in [1.54, 1.807) is 0 Å². The lowest BCUT2D eigenvalue weighted by atomic mass is 10.3. The van der Waals surface area contributed by atoms with Crippen molar-refractivity contribution in [2.75, 3.05) is 19.7 Å². The second kappa shape index (κ2) is 5.99. The smallest absolute Gasteiger partial charge is 0.287 e. The zero-order chi connectivity index (χ0) is 12.9. The van der Waals surface area contributed by atoms with Gasteiger partial charge < -0.3 is 16.2 Å². The van der Waals surface area contributed by atoms with E-state index in [9.17, 15) is 13.6 Å². The quantitative estimate of drug-likeness (QED) is 0.675. The molecule has 0 atom stereocenters. The Morgan fingerprint density at radius 2 is 2.35 bits per heavy atom. The zero-order valence-electron chi connectivity index (χ0n) is 8.95. The Balaban J connectivity index is 2.52. The number of alkyl halides is 2. The minimum Gasteiger partial charge on any atom is -0.390 e. The van der Waals surface area contributed by atoms with Crippen molar-refractivity contribution in [1.82, 2.24) is 10.3 Å². The molecular formula is C9H13F2N3O2S. The number of amides is 1. The van der Waals surface area contributed by atoms with Crippen molar-refractivity contribution in [3.8, 4) is 0 Å². The number of aliphatic hydroxyl groups is 1. The van der Waals surface area contributed by atoms with Gasteiger partial charge in [-0.25, -0.2) is 13.8 Å². The Morgan fingerprint density at radius 1 is 1.65 bits per heavy atom. The van der Waals surface area contributed by atoms with E-state index in [0.29, 0.717) is 18.0 Å². The number of aliphatic hydroxyl groups excluding tert-OH is 1. The average Bonchev–Trinajstić information content (AvgIpc) is 2.75. The lowest BCUT2D eigenvalue weighted by Crippen LogP contribution is -2.39. The normalized spacial score (nSPS) is 11.5. The first-order valence-electron chi connectivity index (χ1n) is 4.90. The zero-order valence-corrected chi connectivity index (χ0v) is 9.77. The Morgan fingerprint density at radius 3 is 2.94 bits per heavy atom. The van der Waals surface area contributed by atoms with Crippen LogP contribution in [0.2, 0.25) is 0 Å². The topological polar surface area (TPSA) is 88.2 Å². The fraction of sp³-hybridized carbons (Fsp3) is 0.556. The molecule has 0 aliphatic heterocycles. The molecule has 0 aromatic carbocycles. The van der Waals surface area contributed by atoms with Gasteiger partial charge in [0.2, 0.25) is 0 Å². The van der Waals surface area contributed by atoms with Crippen LogP contribution in [0.25, 0.3) is 0 Å². The molecule has 1 aromatic heterocycles. The summed E-state index contributed by atoms with van der Waals surface area (Å²) in [5.74, 6) is -4.00. The van der Waals surface area contributed by atoms with Gasteiger partial charge in [-0.3, -0.25) is 4.79 Å². The van der Waals surface area contributed by atoms with Crippen LogP contribution in [0.15, 0.2) is 5.38 Å². The van der Waals surface area contributed by atoms with Crippen LogP contribution in [-0.4, -0.2) is 41.6 Å². The molecule has 1 rings (SSSR count). The molecule has 0 saturated heterocycles. The van der Waals surface area contributed by atoms with Gasteiger partial charge in [-0.15, -0.1) is 11.3 Å². The SMILES string of the molecule is NCCc1nc(C(=O)NCC(F)(F)CO)cs1. The highest BCUT2D eigenvalue weighted by molar-refractivity contribution is 7.09. The monoisotopic (exact) mass is 265 g/mol. The van der Waals surface area contributed by atoms with Gasteiger partial charge in [0.1, 0.15) is 12.3 Å². The van der Waals surface area contributed by atoms with Gasteiger partial charge >= 0.3 is 0 Å². The summed E-state index contributed by atoms with van der Waals surface area (Å²) in [6.45, 7) is -1.80. The van der Waals surface area contributed by atoms with Crippen molar-refractivity contribution < 1.29 is 18.7 Å². The Kier molecular flexibility index (Phi) is 4.91. The molecule has 0 aliphatic carbocycles. The van der Waals surface area contributed by atoms with E-state index in [1.807, 2.05) is 5.32 Å². The molecule has 5 nitrogen and oxygen atoms in total. The summed E-state index contributed by atoms with van der Waals surface area (Å²) in [5.41, 5.74) is 5.41. The Bertz CT molecular complexity index is 384. The van der Waals surface area contributed by atoms with Crippen molar-refractivity contribution in [3.05, 3.63) is 16.1 Å². The van der Waals surface area contributed by atoms with Gasteiger partial charge in [-0.2, -0.15) is 0 Å². The van der Waals surface area contributed by atoms with Gasteiger partial charge in [0, 0.05) is 11.8 Å². The molecule has 0 radical (unpaired) electrons. The maximum Gasteiger partial charge on any atom is 0.287 e. The Labute approximate surface area is 101 Å². The molecule has 0 unspecified atom stereocenters. The fourth-order valence-electron chi connectivity index (χ4n) is 1.01. The van der Waals surface area contributed by atoms with Crippen LogP contribution in [0.3, 0.4) is 0 Å². The van der Waals surface area contributed by atoms with E-state index in [1.165, 1.54) is 16.7 Å². The van der Waals surface area contributed by atoms with Crippen LogP contribution in [0.4, 0.5) is 8.78 Å². The first-order valence-corrected chi connectivity index (χ1v) is 5.78. The molecule has 1 heterocycles. The van der Waals surface area contributed by atoms with Gasteiger partial charge in [0.15, 0.2) is 0 Å². The highest BCUT2D eigenvalue weighted by Crippen LogP contribution is 2.12.